The smallest absolute Gasteiger partial charge is 0.254 e. The van der Waals surface area contributed by atoms with E-state index in [9.17, 15) is 4.79 Å². The molecule has 0 aromatic heterocycles. The molecule has 17 heavy (non-hydrogen) atoms. The number of hydrogen-bond acceptors (Lipinski definition) is 2. The van der Waals surface area contributed by atoms with Crippen LogP contribution in [0.15, 0.2) is 28.7 Å². The average molecular weight is 297 g/mol. The van der Waals surface area contributed by atoms with Gasteiger partial charge in [0.2, 0.25) is 0 Å². The van der Waals surface area contributed by atoms with E-state index >= 15 is 0 Å². The quantitative estimate of drug-likeness (QED) is 0.928. The van der Waals surface area contributed by atoms with Crippen LogP contribution in [0.3, 0.4) is 0 Å². The summed E-state index contributed by atoms with van der Waals surface area (Å²) in [4.78, 5) is 14.4. The second kappa shape index (κ2) is 5.65. The summed E-state index contributed by atoms with van der Waals surface area (Å²) in [5.74, 6) is 0.127. The minimum atomic E-state index is 0.127. The molecule has 0 bridgehead atoms. The third kappa shape index (κ3) is 2.87. The molecule has 1 unspecified atom stereocenters. The molecule has 4 heteroatoms. The minimum Gasteiger partial charge on any atom is -0.335 e. The summed E-state index contributed by atoms with van der Waals surface area (Å²) >= 11 is 3.40. The number of rotatable bonds is 3. The predicted molar refractivity (Wildman–Crippen MR) is 72.1 cm³/mol. The van der Waals surface area contributed by atoms with Crippen molar-refractivity contribution in [1.29, 1.82) is 0 Å². The van der Waals surface area contributed by atoms with Crippen LogP contribution < -0.4 is 5.32 Å². The van der Waals surface area contributed by atoms with Crippen molar-refractivity contribution >= 4 is 21.8 Å². The van der Waals surface area contributed by atoms with Crippen LogP contribution >= 0.6 is 15.9 Å². The SMILES string of the molecule is CCN(C(=O)c1cccc(Br)c1)C1CCNC1. The van der Waals surface area contributed by atoms with E-state index in [1.165, 1.54) is 0 Å². The molecule has 2 rings (SSSR count). The van der Waals surface area contributed by atoms with E-state index in [2.05, 4.69) is 21.2 Å². The van der Waals surface area contributed by atoms with Gasteiger partial charge in [-0.1, -0.05) is 22.0 Å². The first-order valence-electron chi connectivity index (χ1n) is 5.99. The van der Waals surface area contributed by atoms with Gasteiger partial charge < -0.3 is 10.2 Å². The molecule has 1 heterocycles. The van der Waals surface area contributed by atoms with Gasteiger partial charge in [0.1, 0.15) is 0 Å². The van der Waals surface area contributed by atoms with Gasteiger partial charge in [0.15, 0.2) is 0 Å². The molecule has 1 aliphatic rings. The lowest BCUT2D eigenvalue weighted by atomic mass is 10.1. The molecule has 0 saturated carbocycles. The largest absolute Gasteiger partial charge is 0.335 e. The minimum absolute atomic E-state index is 0.127. The Morgan fingerprint density at radius 2 is 2.41 bits per heavy atom. The molecule has 1 aromatic rings. The molecule has 1 aliphatic heterocycles. The van der Waals surface area contributed by atoms with E-state index in [0.29, 0.717) is 6.04 Å². The van der Waals surface area contributed by atoms with Gasteiger partial charge in [-0.25, -0.2) is 0 Å². The summed E-state index contributed by atoms with van der Waals surface area (Å²) in [6, 6.07) is 7.93. The number of hydrogen-bond donors (Lipinski definition) is 1. The average Bonchev–Trinajstić information content (AvgIpc) is 2.83. The lowest BCUT2D eigenvalue weighted by Gasteiger charge is -2.27. The van der Waals surface area contributed by atoms with Crippen molar-refractivity contribution in [2.45, 2.75) is 19.4 Å². The molecule has 0 aliphatic carbocycles. The maximum absolute atomic E-state index is 12.4. The van der Waals surface area contributed by atoms with Crippen LogP contribution in [0.25, 0.3) is 0 Å². The molecule has 1 saturated heterocycles. The van der Waals surface area contributed by atoms with Gasteiger partial charge in [-0.2, -0.15) is 0 Å². The van der Waals surface area contributed by atoms with Crippen molar-refractivity contribution in [3.63, 3.8) is 0 Å². The van der Waals surface area contributed by atoms with Gasteiger partial charge in [-0.05, 0) is 38.1 Å². The Hall–Kier alpha value is -0.870. The van der Waals surface area contributed by atoms with Crippen LogP contribution in [0, 0.1) is 0 Å². The van der Waals surface area contributed by atoms with E-state index in [-0.39, 0.29) is 5.91 Å². The Kier molecular flexibility index (Phi) is 4.18. The Balaban J connectivity index is 2.16. The molecule has 1 N–H and O–H groups in total. The maximum atomic E-state index is 12.4. The standard InChI is InChI=1S/C13H17BrN2O/c1-2-16(12-6-7-15-9-12)13(17)10-4-3-5-11(14)8-10/h3-5,8,12,15H,2,6-7,9H2,1H3. The predicted octanol–water partition coefficient (Wildman–Crippen LogP) is 2.27. The van der Waals surface area contributed by atoms with Gasteiger partial charge in [0.05, 0.1) is 0 Å². The van der Waals surface area contributed by atoms with Crippen molar-refractivity contribution in [3.8, 4) is 0 Å². The monoisotopic (exact) mass is 296 g/mol. The number of likely N-dealkylation sites (N-methyl/N-ethyl adjacent to an activating group) is 1. The topological polar surface area (TPSA) is 32.3 Å². The molecule has 92 valence electrons. The molecule has 1 aromatic carbocycles. The highest BCUT2D eigenvalue weighted by Gasteiger charge is 2.25. The van der Waals surface area contributed by atoms with E-state index in [1.54, 1.807) is 0 Å². The zero-order valence-electron chi connectivity index (χ0n) is 9.95. The summed E-state index contributed by atoms with van der Waals surface area (Å²) < 4.78 is 0.948. The summed E-state index contributed by atoms with van der Waals surface area (Å²) in [5.41, 5.74) is 0.758. The van der Waals surface area contributed by atoms with Gasteiger partial charge in [-0.15, -0.1) is 0 Å². The highest BCUT2D eigenvalue weighted by atomic mass is 79.9. The van der Waals surface area contributed by atoms with Crippen LogP contribution in [0.2, 0.25) is 0 Å². The maximum Gasteiger partial charge on any atom is 0.254 e. The number of carbonyl (C=O) groups excluding carboxylic acids is 1. The molecule has 0 spiro atoms. The van der Waals surface area contributed by atoms with Crippen LogP contribution in [0.5, 0.6) is 0 Å². The first kappa shape index (κ1) is 12.6. The van der Waals surface area contributed by atoms with E-state index in [0.717, 1.165) is 36.1 Å². The summed E-state index contributed by atoms with van der Waals surface area (Å²) in [6.45, 7) is 4.71. The van der Waals surface area contributed by atoms with Crippen molar-refractivity contribution in [2.24, 2.45) is 0 Å². The van der Waals surface area contributed by atoms with E-state index in [1.807, 2.05) is 36.1 Å². The highest BCUT2D eigenvalue weighted by molar-refractivity contribution is 9.10. The summed E-state index contributed by atoms with van der Waals surface area (Å²) in [7, 11) is 0. The highest BCUT2D eigenvalue weighted by Crippen LogP contribution is 2.16. The van der Waals surface area contributed by atoms with Crippen molar-refractivity contribution in [1.82, 2.24) is 10.2 Å². The van der Waals surface area contributed by atoms with Crippen LogP contribution in [-0.4, -0.2) is 36.5 Å². The normalized spacial score (nSPS) is 19.3. The van der Waals surface area contributed by atoms with Crippen LogP contribution in [0.4, 0.5) is 0 Å². The zero-order chi connectivity index (χ0) is 12.3. The fourth-order valence-corrected chi connectivity index (χ4v) is 2.66. The Morgan fingerprint density at radius 1 is 1.59 bits per heavy atom. The zero-order valence-corrected chi connectivity index (χ0v) is 11.5. The van der Waals surface area contributed by atoms with E-state index in [4.69, 9.17) is 0 Å². The molecule has 3 nitrogen and oxygen atoms in total. The number of benzene rings is 1. The fourth-order valence-electron chi connectivity index (χ4n) is 2.26. The third-order valence-corrected chi connectivity index (χ3v) is 3.64. The van der Waals surface area contributed by atoms with E-state index < -0.39 is 0 Å². The first-order valence-corrected chi connectivity index (χ1v) is 6.79. The summed E-state index contributed by atoms with van der Waals surface area (Å²) in [5, 5.41) is 3.30. The van der Waals surface area contributed by atoms with Crippen molar-refractivity contribution < 1.29 is 4.79 Å². The Labute approximate surface area is 110 Å². The first-order chi connectivity index (χ1) is 8.22. The third-order valence-electron chi connectivity index (χ3n) is 3.15. The number of halogens is 1. The second-order valence-electron chi connectivity index (χ2n) is 4.25. The Morgan fingerprint density at radius 3 is 3.00 bits per heavy atom. The Bertz CT molecular complexity index is 402. The fraction of sp³-hybridized carbons (Fsp3) is 0.462. The van der Waals surface area contributed by atoms with Gasteiger partial charge >= 0.3 is 0 Å². The molecule has 1 atom stereocenters. The molecule has 0 radical (unpaired) electrons. The molecular formula is C13H17BrN2O. The lowest BCUT2D eigenvalue weighted by Crippen LogP contribution is -2.41. The number of nitrogens with zero attached hydrogens (tertiary/aromatic N) is 1. The number of nitrogens with one attached hydrogen (secondary N) is 1. The van der Waals surface area contributed by atoms with Crippen molar-refractivity contribution in [2.75, 3.05) is 19.6 Å². The number of amides is 1. The molecule has 1 amide bonds. The second-order valence-corrected chi connectivity index (χ2v) is 5.16. The summed E-state index contributed by atoms with van der Waals surface area (Å²) in [6.07, 6.45) is 1.05. The van der Waals surface area contributed by atoms with Crippen LogP contribution in [-0.2, 0) is 0 Å². The van der Waals surface area contributed by atoms with Crippen LogP contribution in [0.1, 0.15) is 23.7 Å². The van der Waals surface area contributed by atoms with Crippen molar-refractivity contribution in [3.05, 3.63) is 34.3 Å². The molecular weight excluding hydrogens is 280 g/mol. The molecule has 1 fully saturated rings. The van der Waals surface area contributed by atoms with Gasteiger partial charge in [0.25, 0.3) is 5.91 Å². The number of carbonyl (C=O) groups is 1. The van der Waals surface area contributed by atoms with Gasteiger partial charge in [-0.3, -0.25) is 4.79 Å². The lowest BCUT2D eigenvalue weighted by molar-refractivity contribution is 0.0703. The van der Waals surface area contributed by atoms with Gasteiger partial charge in [0, 0.05) is 29.2 Å².